The zero-order valence-corrected chi connectivity index (χ0v) is 22.5. The fraction of sp³-hybridized carbons (Fsp3) is 0.964. The van der Waals surface area contributed by atoms with Crippen molar-refractivity contribution in [2.45, 2.75) is 96.1 Å². The molecule has 0 saturated heterocycles. The normalized spacial score (nSPS) is 28.8. The quantitative estimate of drug-likeness (QED) is 0.145. The highest BCUT2D eigenvalue weighted by atomic mass is 16.2. The number of amides is 1. The minimum atomic E-state index is -0.378. The first-order chi connectivity index (χ1) is 17.1. The van der Waals surface area contributed by atoms with Gasteiger partial charge in [0.25, 0.3) is 0 Å². The Bertz CT molecular complexity index is 560. The van der Waals surface area contributed by atoms with Crippen molar-refractivity contribution in [1.29, 1.82) is 0 Å². The summed E-state index contributed by atoms with van der Waals surface area (Å²) in [5.41, 5.74) is 11.6. The molecule has 2 atom stereocenters. The minimum Gasteiger partial charge on any atom is -0.355 e. The molecule has 4 aliphatic rings. The van der Waals surface area contributed by atoms with Gasteiger partial charge in [-0.15, -0.1) is 0 Å². The molecule has 4 rings (SSSR count). The third-order valence-corrected chi connectivity index (χ3v) is 8.97. The summed E-state index contributed by atoms with van der Waals surface area (Å²) in [5, 5.41) is 13.7. The van der Waals surface area contributed by atoms with Crippen LogP contribution in [0.15, 0.2) is 0 Å². The summed E-state index contributed by atoms with van der Waals surface area (Å²) < 4.78 is 0. The summed E-state index contributed by atoms with van der Waals surface area (Å²) in [6.45, 7) is 8.97. The molecule has 4 aliphatic carbocycles. The third-order valence-electron chi connectivity index (χ3n) is 8.97. The van der Waals surface area contributed by atoms with Crippen LogP contribution in [0.3, 0.4) is 0 Å². The predicted molar refractivity (Wildman–Crippen MR) is 146 cm³/mol. The van der Waals surface area contributed by atoms with Crippen LogP contribution in [0.25, 0.3) is 0 Å². The highest BCUT2D eigenvalue weighted by molar-refractivity contribution is 5.81. The number of carbonyl (C=O) groups excluding carboxylic acids is 1. The lowest BCUT2D eigenvalue weighted by Gasteiger charge is -2.56. The molecule has 4 bridgehead atoms. The van der Waals surface area contributed by atoms with Crippen molar-refractivity contribution in [3.63, 3.8) is 0 Å². The lowest BCUT2D eigenvalue weighted by molar-refractivity contribution is -0.122. The Kier molecular flexibility index (Phi) is 13.3. The number of rotatable bonds is 20. The van der Waals surface area contributed by atoms with Gasteiger partial charge in [0.1, 0.15) is 0 Å². The van der Waals surface area contributed by atoms with Gasteiger partial charge < -0.3 is 32.7 Å². The van der Waals surface area contributed by atoms with E-state index in [1.54, 1.807) is 0 Å². The Hall–Kier alpha value is -0.730. The van der Waals surface area contributed by atoms with E-state index in [1.165, 1.54) is 44.9 Å². The van der Waals surface area contributed by atoms with Crippen LogP contribution in [0.1, 0.15) is 84.0 Å². The second-order valence-electron chi connectivity index (χ2n) is 11.8. The van der Waals surface area contributed by atoms with Crippen molar-refractivity contribution in [3.8, 4) is 0 Å². The molecule has 0 spiro atoms. The average Bonchev–Trinajstić information content (AvgIpc) is 2.83. The number of nitrogens with two attached hydrogens (primary N) is 2. The molecule has 0 heterocycles. The van der Waals surface area contributed by atoms with Gasteiger partial charge in [-0.25, -0.2) is 0 Å². The maximum atomic E-state index is 12.3. The topological polar surface area (TPSA) is 117 Å². The van der Waals surface area contributed by atoms with Crippen LogP contribution in [0.2, 0.25) is 0 Å². The second-order valence-corrected chi connectivity index (χ2v) is 11.8. The Morgan fingerprint density at radius 2 is 1.34 bits per heavy atom. The van der Waals surface area contributed by atoms with E-state index in [1.807, 2.05) is 0 Å². The SMILES string of the molecule is CC(NCCCC[C@@H](N)C(=O)NCCCNCCCCNCCCN)C1C2CC3CC(C2)CC1C3. The van der Waals surface area contributed by atoms with E-state index in [0.29, 0.717) is 12.6 Å². The molecule has 4 saturated carbocycles. The fourth-order valence-corrected chi connectivity index (χ4v) is 7.40. The minimum absolute atomic E-state index is 0.00322. The number of hydrogen-bond acceptors (Lipinski definition) is 6. The Morgan fingerprint density at radius 3 is 1.97 bits per heavy atom. The first-order valence-corrected chi connectivity index (χ1v) is 15.0. The molecule has 1 unspecified atom stereocenters. The van der Waals surface area contributed by atoms with Crippen molar-refractivity contribution < 1.29 is 4.79 Å². The van der Waals surface area contributed by atoms with E-state index in [9.17, 15) is 4.79 Å². The third kappa shape index (κ3) is 9.92. The molecular weight excluding hydrogens is 436 g/mol. The van der Waals surface area contributed by atoms with Gasteiger partial charge in [0.2, 0.25) is 5.91 Å². The zero-order chi connectivity index (χ0) is 24.9. The molecule has 0 aromatic rings. The summed E-state index contributed by atoms with van der Waals surface area (Å²) in [4.78, 5) is 12.3. The molecule has 0 aromatic carbocycles. The van der Waals surface area contributed by atoms with Gasteiger partial charge in [0, 0.05) is 12.6 Å². The van der Waals surface area contributed by atoms with E-state index in [2.05, 4.69) is 28.2 Å². The Balaban J connectivity index is 1.11. The van der Waals surface area contributed by atoms with Crippen LogP contribution in [0.4, 0.5) is 0 Å². The first kappa shape index (κ1) is 28.8. The van der Waals surface area contributed by atoms with Gasteiger partial charge in [-0.1, -0.05) is 6.42 Å². The van der Waals surface area contributed by atoms with Gasteiger partial charge in [-0.3, -0.25) is 4.79 Å². The molecule has 0 aliphatic heterocycles. The summed E-state index contributed by atoms with van der Waals surface area (Å²) >= 11 is 0. The lowest BCUT2D eigenvalue weighted by Crippen LogP contribution is -2.52. The Morgan fingerprint density at radius 1 is 0.771 bits per heavy atom. The fourth-order valence-electron chi connectivity index (χ4n) is 7.40. The van der Waals surface area contributed by atoms with Crippen LogP contribution < -0.4 is 32.7 Å². The van der Waals surface area contributed by atoms with E-state index in [4.69, 9.17) is 11.5 Å². The van der Waals surface area contributed by atoms with Gasteiger partial charge in [0.15, 0.2) is 0 Å². The van der Waals surface area contributed by atoms with Crippen molar-refractivity contribution in [2.75, 3.05) is 45.8 Å². The van der Waals surface area contributed by atoms with Gasteiger partial charge in [-0.05, 0) is 146 Å². The van der Waals surface area contributed by atoms with Gasteiger partial charge in [-0.2, -0.15) is 0 Å². The molecule has 0 aromatic heterocycles. The molecule has 1 amide bonds. The predicted octanol–water partition coefficient (Wildman–Crippen LogP) is 2.35. The first-order valence-electron chi connectivity index (χ1n) is 15.0. The van der Waals surface area contributed by atoms with E-state index in [0.717, 1.165) is 101 Å². The molecule has 7 nitrogen and oxygen atoms in total. The number of nitrogens with one attached hydrogen (secondary N) is 4. The average molecular weight is 493 g/mol. The standard InChI is InChI=1S/C28H56N6O/c1-21(27-24-17-22-16-23(19-24)20-25(27)18-22)33-14-3-2-8-26(30)28(35)34-15-7-13-32-11-5-4-10-31-12-6-9-29/h21-27,31-33H,2-20,29-30H2,1H3,(H,34,35)/t21?,22?,23?,24?,25?,26-,27?/m1/s1. The number of unbranched alkanes of at least 4 members (excludes halogenated alkanes) is 2. The Labute approximate surface area is 215 Å². The summed E-state index contributed by atoms with van der Waals surface area (Å²) in [7, 11) is 0. The van der Waals surface area contributed by atoms with Crippen LogP contribution >= 0.6 is 0 Å². The summed E-state index contributed by atoms with van der Waals surface area (Å²) in [5.74, 6) is 4.96. The molecule has 7 heteroatoms. The molecular formula is C28H56N6O. The number of carbonyl (C=O) groups is 1. The van der Waals surface area contributed by atoms with Gasteiger partial charge >= 0.3 is 0 Å². The highest BCUT2D eigenvalue weighted by Gasteiger charge is 2.49. The van der Waals surface area contributed by atoms with Crippen LogP contribution in [-0.2, 0) is 4.79 Å². The van der Waals surface area contributed by atoms with E-state index < -0.39 is 0 Å². The van der Waals surface area contributed by atoms with E-state index >= 15 is 0 Å². The zero-order valence-electron chi connectivity index (χ0n) is 22.5. The summed E-state index contributed by atoms with van der Waals surface area (Å²) in [6, 6.07) is 0.255. The second kappa shape index (κ2) is 16.2. The van der Waals surface area contributed by atoms with Crippen molar-refractivity contribution in [1.82, 2.24) is 21.3 Å². The molecule has 0 radical (unpaired) electrons. The number of hydrogen-bond donors (Lipinski definition) is 6. The van der Waals surface area contributed by atoms with Crippen LogP contribution in [0.5, 0.6) is 0 Å². The smallest absolute Gasteiger partial charge is 0.236 e. The molecule has 4 fully saturated rings. The maximum absolute atomic E-state index is 12.3. The van der Waals surface area contributed by atoms with Crippen LogP contribution in [0, 0.1) is 29.6 Å². The monoisotopic (exact) mass is 492 g/mol. The van der Waals surface area contributed by atoms with Crippen molar-refractivity contribution in [2.24, 2.45) is 41.1 Å². The van der Waals surface area contributed by atoms with Crippen molar-refractivity contribution in [3.05, 3.63) is 0 Å². The maximum Gasteiger partial charge on any atom is 0.236 e. The molecule has 35 heavy (non-hydrogen) atoms. The lowest BCUT2D eigenvalue weighted by atomic mass is 9.50. The summed E-state index contributed by atoms with van der Waals surface area (Å²) in [6.07, 6.45) is 14.8. The van der Waals surface area contributed by atoms with Gasteiger partial charge in [0.05, 0.1) is 6.04 Å². The van der Waals surface area contributed by atoms with E-state index in [-0.39, 0.29) is 11.9 Å². The molecule has 204 valence electrons. The van der Waals surface area contributed by atoms with Crippen molar-refractivity contribution >= 4 is 5.91 Å². The highest BCUT2D eigenvalue weighted by Crippen LogP contribution is 2.57. The van der Waals surface area contributed by atoms with Crippen LogP contribution in [-0.4, -0.2) is 63.8 Å². The largest absolute Gasteiger partial charge is 0.355 e. The molecule has 8 N–H and O–H groups in total.